The van der Waals surface area contributed by atoms with Gasteiger partial charge in [-0.05, 0) is 39.3 Å². The second-order valence-electron chi connectivity index (χ2n) is 5.81. The van der Waals surface area contributed by atoms with E-state index in [2.05, 4.69) is 41.5 Å². The zero-order valence-corrected chi connectivity index (χ0v) is 15.9. The minimum atomic E-state index is 0. The molecule has 5 heteroatoms. The standard InChI is InChI=1S/C15H32N4.HI/c1-5-6-7-8-11-17-15(16-2)18-12-14(19(3)4)13-9-10-13;/h13-14H,5-12H2,1-4H3,(H2,16,17,18);1H. The van der Waals surface area contributed by atoms with Gasteiger partial charge in [0.05, 0.1) is 0 Å². The zero-order chi connectivity index (χ0) is 14.1. The Morgan fingerprint density at radius 2 is 1.90 bits per heavy atom. The molecule has 1 rings (SSSR count). The third kappa shape index (κ3) is 8.29. The fourth-order valence-corrected chi connectivity index (χ4v) is 2.43. The summed E-state index contributed by atoms with van der Waals surface area (Å²) in [7, 11) is 6.19. The van der Waals surface area contributed by atoms with Crippen molar-refractivity contribution in [2.45, 2.75) is 51.5 Å². The van der Waals surface area contributed by atoms with Crippen molar-refractivity contribution in [3.05, 3.63) is 0 Å². The summed E-state index contributed by atoms with van der Waals surface area (Å²) in [6, 6.07) is 0.638. The summed E-state index contributed by atoms with van der Waals surface area (Å²) in [6.07, 6.45) is 7.93. The van der Waals surface area contributed by atoms with Gasteiger partial charge >= 0.3 is 0 Å². The van der Waals surface area contributed by atoms with Crippen molar-refractivity contribution in [3.63, 3.8) is 0 Å². The lowest BCUT2D eigenvalue weighted by Gasteiger charge is -2.25. The first-order chi connectivity index (χ1) is 9.19. The smallest absolute Gasteiger partial charge is 0.191 e. The lowest BCUT2D eigenvalue weighted by Crippen LogP contribution is -2.46. The molecule has 1 atom stereocenters. The lowest BCUT2D eigenvalue weighted by atomic mass is 10.1. The highest BCUT2D eigenvalue weighted by molar-refractivity contribution is 14.0. The highest BCUT2D eigenvalue weighted by atomic mass is 127. The molecule has 0 heterocycles. The molecular formula is C15H33IN4. The number of nitrogens with one attached hydrogen (secondary N) is 2. The summed E-state index contributed by atoms with van der Waals surface area (Å²) in [5, 5.41) is 6.86. The monoisotopic (exact) mass is 396 g/mol. The van der Waals surface area contributed by atoms with Crippen LogP contribution in [0.2, 0.25) is 0 Å². The minimum Gasteiger partial charge on any atom is -0.356 e. The number of guanidine groups is 1. The third-order valence-corrected chi connectivity index (χ3v) is 3.85. The van der Waals surface area contributed by atoms with Crippen molar-refractivity contribution in [1.82, 2.24) is 15.5 Å². The Morgan fingerprint density at radius 3 is 2.40 bits per heavy atom. The van der Waals surface area contributed by atoms with Crippen molar-refractivity contribution < 1.29 is 0 Å². The molecule has 0 spiro atoms. The van der Waals surface area contributed by atoms with E-state index in [0.29, 0.717) is 6.04 Å². The Morgan fingerprint density at radius 1 is 1.20 bits per heavy atom. The molecule has 0 saturated heterocycles. The van der Waals surface area contributed by atoms with Gasteiger partial charge in [0.25, 0.3) is 0 Å². The summed E-state index contributed by atoms with van der Waals surface area (Å²) in [5.74, 6) is 1.83. The summed E-state index contributed by atoms with van der Waals surface area (Å²) in [6.45, 7) is 4.26. The number of hydrogen-bond acceptors (Lipinski definition) is 2. The number of nitrogens with zero attached hydrogens (tertiary/aromatic N) is 2. The fourth-order valence-electron chi connectivity index (χ4n) is 2.43. The van der Waals surface area contributed by atoms with Gasteiger partial charge in [-0.15, -0.1) is 24.0 Å². The highest BCUT2D eigenvalue weighted by Gasteiger charge is 2.32. The Kier molecular flexibility index (Phi) is 11.6. The maximum atomic E-state index is 4.29. The molecule has 2 N–H and O–H groups in total. The van der Waals surface area contributed by atoms with E-state index in [9.17, 15) is 0 Å². The number of aliphatic imine (C=N–C) groups is 1. The number of hydrogen-bond donors (Lipinski definition) is 2. The second kappa shape index (κ2) is 11.6. The van der Waals surface area contributed by atoms with Crippen LogP contribution in [0.15, 0.2) is 4.99 Å². The molecular weight excluding hydrogens is 363 g/mol. The predicted octanol–water partition coefficient (Wildman–Crippen LogP) is 2.69. The van der Waals surface area contributed by atoms with Crippen molar-refractivity contribution in [2.75, 3.05) is 34.2 Å². The van der Waals surface area contributed by atoms with E-state index in [0.717, 1.165) is 25.0 Å². The maximum Gasteiger partial charge on any atom is 0.191 e. The molecule has 0 aliphatic heterocycles. The second-order valence-corrected chi connectivity index (χ2v) is 5.81. The van der Waals surface area contributed by atoms with E-state index < -0.39 is 0 Å². The molecule has 0 aromatic heterocycles. The van der Waals surface area contributed by atoms with E-state index in [-0.39, 0.29) is 24.0 Å². The van der Waals surface area contributed by atoms with Crippen LogP contribution in [0.4, 0.5) is 0 Å². The van der Waals surface area contributed by atoms with Gasteiger partial charge in [0.15, 0.2) is 5.96 Å². The highest BCUT2D eigenvalue weighted by Crippen LogP contribution is 2.34. The van der Waals surface area contributed by atoms with Crippen molar-refractivity contribution in [3.8, 4) is 0 Å². The zero-order valence-electron chi connectivity index (χ0n) is 13.6. The molecule has 0 amide bonds. The van der Waals surface area contributed by atoms with Crippen LogP contribution in [0.1, 0.15) is 45.4 Å². The summed E-state index contributed by atoms with van der Waals surface area (Å²) in [4.78, 5) is 6.63. The number of likely N-dealkylation sites (N-methyl/N-ethyl adjacent to an activating group) is 1. The summed E-state index contributed by atoms with van der Waals surface area (Å²) >= 11 is 0. The first-order valence-corrected chi connectivity index (χ1v) is 7.80. The normalized spacial score (nSPS) is 16.8. The van der Waals surface area contributed by atoms with Crippen LogP contribution in [-0.2, 0) is 0 Å². The van der Waals surface area contributed by atoms with E-state index in [4.69, 9.17) is 0 Å². The van der Waals surface area contributed by atoms with Gasteiger partial charge in [-0.25, -0.2) is 0 Å². The Labute approximate surface area is 142 Å². The van der Waals surface area contributed by atoms with Crippen LogP contribution in [-0.4, -0.2) is 51.1 Å². The van der Waals surface area contributed by atoms with Gasteiger partial charge in [-0.1, -0.05) is 26.2 Å². The van der Waals surface area contributed by atoms with E-state index in [1.807, 2.05) is 7.05 Å². The van der Waals surface area contributed by atoms with Crippen LogP contribution < -0.4 is 10.6 Å². The summed E-state index contributed by atoms with van der Waals surface area (Å²) < 4.78 is 0. The van der Waals surface area contributed by atoms with Gasteiger partial charge < -0.3 is 15.5 Å². The lowest BCUT2D eigenvalue weighted by molar-refractivity contribution is 0.264. The Hall–Kier alpha value is -0.0400. The Balaban J connectivity index is 0.00000361. The summed E-state index contributed by atoms with van der Waals surface area (Å²) in [5.41, 5.74) is 0. The van der Waals surface area contributed by atoms with Crippen molar-refractivity contribution in [2.24, 2.45) is 10.9 Å². The first kappa shape index (κ1) is 20.0. The van der Waals surface area contributed by atoms with Crippen molar-refractivity contribution >= 4 is 29.9 Å². The predicted molar refractivity (Wildman–Crippen MR) is 99.1 cm³/mol. The largest absolute Gasteiger partial charge is 0.356 e. The SMILES string of the molecule is CCCCCCNC(=NC)NCC(C1CC1)N(C)C.I. The average Bonchev–Trinajstić information content (AvgIpc) is 3.20. The van der Waals surface area contributed by atoms with Gasteiger partial charge in [-0.3, -0.25) is 4.99 Å². The van der Waals surface area contributed by atoms with Crippen LogP contribution in [0.3, 0.4) is 0 Å². The van der Waals surface area contributed by atoms with Crippen LogP contribution in [0, 0.1) is 5.92 Å². The Bertz CT molecular complexity index is 263. The molecule has 0 aromatic rings. The molecule has 1 aliphatic rings. The van der Waals surface area contributed by atoms with E-state index >= 15 is 0 Å². The van der Waals surface area contributed by atoms with Gasteiger partial charge in [-0.2, -0.15) is 0 Å². The quantitative estimate of drug-likeness (QED) is 0.273. The molecule has 1 aliphatic carbocycles. The fraction of sp³-hybridized carbons (Fsp3) is 0.933. The molecule has 1 saturated carbocycles. The molecule has 0 radical (unpaired) electrons. The van der Waals surface area contributed by atoms with Crippen LogP contribution in [0.25, 0.3) is 0 Å². The average molecular weight is 396 g/mol. The molecule has 120 valence electrons. The van der Waals surface area contributed by atoms with Gasteiger partial charge in [0, 0.05) is 26.2 Å². The minimum absolute atomic E-state index is 0. The molecule has 0 aromatic carbocycles. The molecule has 0 bridgehead atoms. The van der Waals surface area contributed by atoms with Crippen molar-refractivity contribution in [1.29, 1.82) is 0 Å². The maximum absolute atomic E-state index is 4.29. The van der Waals surface area contributed by atoms with Crippen LogP contribution in [0.5, 0.6) is 0 Å². The van der Waals surface area contributed by atoms with E-state index in [1.54, 1.807) is 0 Å². The van der Waals surface area contributed by atoms with Gasteiger partial charge in [0.1, 0.15) is 0 Å². The van der Waals surface area contributed by atoms with E-state index in [1.165, 1.54) is 38.5 Å². The number of rotatable bonds is 9. The number of halogens is 1. The third-order valence-electron chi connectivity index (χ3n) is 3.85. The van der Waals surface area contributed by atoms with Gasteiger partial charge in [0.2, 0.25) is 0 Å². The molecule has 1 fully saturated rings. The molecule has 4 nitrogen and oxygen atoms in total. The van der Waals surface area contributed by atoms with Crippen LogP contribution >= 0.6 is 24.0 Å². The molecule has 1 unspecified atom stereocenters. The topological polar surface area (TPSA) is 39.7 Å². The first-order valence-electron chi connectivity index (χ1n) is 7.80. The molecule has 20 heavy (non-hydrogen) atoms. The number of unbranched alkanes of at least 4 members (excludes halogenated alkanes) is 3.